The monoisotopic (exact) mass is 418 g/mol. The maximum Gasteiger partial charge on any atom is 0.340 e. The fourth-order valence-corrected chi connectivity index (χ4v) is 2.99. The van der Waals surface area contributed by atoms with Gasteiger partial charge in [0.15, 0.2) is 12.4 Å². The van der Waals surface area contributed by atoms with Crippen molar-refractivity contribution in [3.8, 4) is 5.82 Å². The number of benzene rings is 1. The highest BCUT2D eigenvalue weighted by molar-refractivity contribution is 6.39. The molecule has 28 heavy (non-hydrogen) atoms. The largest absolute Gasteiger partial charge is 0.452 e. The molecule has 0 saturated heterocycles. The molecule has 144 valence electrons. The van der Waals surface area contributed by atoms with E-state index in [-0.39, 0.29) is 21.3 Å². The summed E-state index contributed by atoms with van der Waals surface area (Å²) in [5, 5.41) is 7.43. The predicted molar refractivity (Wildman–Crippen MR) is 106 cm³/mol. The maximum absolute atomic E-state index is 12.1. The third-order valence-corrected chi connectivity index (χ3v) is 4.40. The molecule has 1 N–H and O–H groups in total. The average molecular weight is 419 g/mol. The standard InChI is InChI=1S/C19H16Cl2N4O3/c1-11-8-12(2)25(24-11)16-7-6-13(9-22-16)19(27)28-10-17(26)23-18-14(20)4-3-5-15(18)21/h3-9H,10H2,1-2H3,(H,23,26). The van der Waals surface area contributed by atoms with Crippen molar-refractivity contribution < 1.29 is 14.3 Å². The Morgan fingerprint density at radius 2 is 1.86 bits per heavy atom. The summed E-state index contributed by atoms with van der Waals surface area (Å²) in [6.07, 6.45) is 1.37. The molecule has 0 aliphatic heterocycles. The van der Waals surface area contributed by atoms with Gasteiger partial charge in [0.05, 0.1) is 27.0 Å². The lowest BCUT2D eigenvalue weighted by atomic mass is 10.3. The van der Waals surface area contributed by atoms with Gasteiger partial charge in [0.25, 0.3) is 5.91 Å². The van der Waals surface area contributed by atoms with Crippen LogP contribution in [0.25, 0.3) is 5.82 Å². The third kappa shape index (κ3) is 4.49. The van der Waals surface area contributed by atoms with Crippen molar-refractivity contribution in [1.29, 1.82) is 0 Å². The molecule has 0 bridgehead atoms. The first kappa shape index (κ1) is 19.9. The summed E-state index contributed by atoms with van der Waals surface area (Å²) in [6.45, 7) is 3.31. The number of hydrogen-bond donors (Lipinski definition) is 1. The van der Waals surface area contributed by atoms with Gasteiger partial charge < -0.3 is 10.1 Å². The summed E-state index contributed by atoms with van der Waals surface area (Å²) < 4.78 is 6.69. The highest BCUT2D eigenvalue weighted by atomic mass is 35.5. The summed E-state index contributed by atoms with van der Waals surface area (Å²) >= 11 is 12.0. The molecule has 0 radical (unpaired) electrons. The number of aryl methyl sites for hydroxylation is 2. The second-order valence-electron chi connectivity index (χ2n) is 5.96. The topological polar surface area (TPSA) is 86.1 Å². The van der Waals surface area contributed by atoms with Crippen molar-refractivity contribution >= 4 is 40.8 Å². The number of ether oxygens (including phenoxy) is 1. The van der Waals surface area contributed by atoms with Crippen molar-refractivity contribution in [3.63, 3.8) is 0 Å². The van der Waals surface area contributed by atoms with Gasteiger partial charge in [0.2, 0.25) is 0 Å². The summed E-state index contributed by atoms with van der Waals surface area (Å²) in [6, 6.07) is 9.97. The molecule has 0 saturated carbocycles. The van der Waals surface area contributed by atoms with Crippen LogP contribution in [-0.2, 0) is 9.53 Å². The number of nitrogens with zero attached hydrogens (tertiary/aromatic N) is 3. The zero-order valence-electron chi connectivity index (χ0n) is 15.1. The van der Waals surface area contributed by atoms with E-state index in [2.05, 4.69) is 15.4 Å². The van der Waals surface area contributed by atoms with Crippen LogP contribution in [0.4, 0.5) is 5.69 Å². The Balaban J connectivity index is 1.60. The lowest BCUT2D eigenvalue weighted by Gasteiger charge is -2.09. The van der Waals surface area contributed by atoms with Gasteiger partial charge in [-0.3, -0.25) is 4.79 Å². The SMILES string of the molecule is Cc1cc(C)n(-c2ccc(C(=O)OCC(=O)Nc3c(Cl)cccc3Cl)cn2)n1. The van der Waals surface area contributed by atoms with E-state index in [9.17, 15) is 9.59 Å². The number of aromatic nitrogens is 3. The number of anilines is 1. The zero-order chi connectivity index (χ0) is 20.3. The molecule has 9 heteroatoms. The number of carbonyl (C=O) groups excluding carboxylic acids is 2. The molecule has 2 aromatic heterocycles. The second-order valence-corrected chi connectivity index (χ2v) is 6.78. The third-order valence-electron chi connectivity index (χ3n) is 3.77. The molecule has 0 fully saturated rings. The molecule has 3 rings (SSSR count). The van der Waals surface area contributed by atoms with Crippen molar-refractivity contribution in [1.82, 2.24) is 14.8 Å². The Morgan fingerprint density at radius 1 is 1.14 bits per heavy atom. The lowest BCUT2D eigenvalue weighted by molar-refractivity contribution is -0.119. The summed E-state index contributed by atoms with van der Waals surface area (Å²) in [5.41, 5.74) is 2.28. The van der Waals surface area contributed by atoms with Crippen LogP contribution in [0.15, 0.2) is 42.6 Å². The highest BCUT2D eigenvalue weighted by Gasteiger charge is 2.14. The van der Waals surface area contributed by atoms with Gasteiger partial charge in [-0.15, -0.1) is 0 Å². The number of carbonyl (C=O) groups is 2. The van der Waals surface area contributed by atoms with Crippen LogP contribution in [0, 0.1) is 13.8 Å². The van der Waals surface area contributed by atoms with Gasteiger partial charge in [0.1, 0.15) is 0 Å². The van der Waals surface area contributed by atoms with Crippen LogP contribution in [-0.4, -0.2) is 33.2 Å². The van der Waals surface area contributed by atoms with Gasteiger partial charge in [-0.2, -0.15) is 5.10 Å². The zero-order valence-corrected chi connectivity index (χ0v) is 16.6. The van der Waals surface area contributed by atoms with E-state index in [1.165, 1.54) is 6.20 Å². The van der Waals surface area contributed by atoms with Gasteiger partial charge >= 0.3 is 5.97 Å². The predicted octanol–water partition coefficient (Wildman–Crippen LogP) is 3.99. The van der Waals surface area contributed by atoms with Crippen molar-refractivity contribution in [2.75, 3.05) is 11.9 Å². The van der Waals surface area contributed by atoms with E-state index in [0.29, 0.717) is 5.82 Å². The number of hydrogen-bond acceptors (Lipinski definition) is 5. The van der Waals surface area contributed by atoms with Gasteiger partial charge in [-0.1, -0.05) is 29.3 Å². The molecule has 7 nitrogen and oxygen atoms in total. The molecular weight excluding hydrogens is 403 g/mol. The second kappa shape index (κ2) is 8.41. The van der Waals surface area contributed by atoms with Crippen molar-refractivity contribution in [2.24, 2.45) is 0 Å². The number of rotatable bonds is 5. The van der Waals surface area contributed by atoms with Crippen molar-refractivity contribution in [3.05, 3.63) is 69.6 Å². The Morgan fingerprint density at radius 3 is 2.43 bits per heavy atom. The first-order chi connectivity index (χ1) is 13.3. The molecule has 0 unspecified atom stereocenters. The molecule has 0 atom stereocenters. The minimum Gasteiger partial charge on any atom is -0.452 e. The Labute approximate surface area is 171 Å². The molecule has 0 spiro atoms. The Kier molecular flexibility index (Phi) is 5.96. The molecule has 2 heterocycles. The molecule has 1 amide bonds. The van der Waals surface area contributed by atoms with E-state index < -0.39 is 18.5 Å². The first-order valence-corrected chi connectivity index (χ1v) is 9.01. The minimum absolute atomic E-state index is 0.217. The van der Waals surface area contributed by atoms with E-state index in [1.54, 1.807) is 35.0 Å². The summed E-state index contributed by atoms with van der Waals surface area (Å²) in [7, 11) is 0. The van der Waals surface area contributed by atoms with Gasteiger partial charge in [0, 0.05) is 11.9 Å². The smallest absolute Gasteiger partial charge is 0.340 e. The molecule has 1 aromatic carbocycles. The molecule has 0 aliphatic rings. The normalized spacial score (nSPS) is 10.6. The van der Waals surface area contributed by atoms with Crippen LogP contribution in [0.5, 0.6) is 0 Å². The van der Waals surface area contributed by atoms with E-state index in [4.69, 9.17) is 27.9 Å². The summed E-state index contributed by atoms with van der Waals surface area (Å²) in [4.78, 5) is 28.4. The number of nitrogens with one attached hydrogen (secondary N) is 1. The minimum atomic E-state index is -0.673. The van der Waals surface area contributed by atoms with Crippen LogP contribution in [0.1, 0.15) is 21.7 Å². The van der Waals surface area contributed by atoms with E-state index in [0.717, 1.165) is 11.4 Å². The Bertz CT molecular complexity index is 1010. The molecular formula is C19H16Cl2N4O3. The number of para-hydroxylation sites is 1. The molecule has 0 aliphatic carbocycles. The van der Waals surface area contributed by atoms with Gasteiger partial charge in [-0.05, 0) is 44.2 Å². The maximum atomic E-state index is 12.1. The van der Waals surface area contributed by atoms with E-state index in [1.807, 2.05) is 19.9 Å². The first-order valence-electron chi connectivity index (χ1n) is 8.26. The van der Waals surface area contributed by atoms with Crippen molar-refractivity contribution in [2.45, 2.75) is 13.8 Å². The fourth-order valence-electron chi connectivity index (χ4n) is 2.50. The lowest BCUT2D eigenvalue weighted by Crippen LogP contribution is -2.21. The Hall–Kier alpha value is -2.90. The van der Waals surface area contributed by atoms with Crippen LogP contribution < -0.4 is 5.32 Å². The van der Waals surface area contributed by atoms with Crippen LogP contribution in [0.2, 0.25) is 10.0 Å². The number of halogens is 2. The number of amides is 1. The summed E-state index contributed by atoms with van der Waals surface area (Å²) in [5.74, 6) is -0.656. The molecule has 3 aromatic rings. The van der Waals surface area contributed by atoms with Gasteiger partial charge in [-0.25, -0.2) is 14.5 Å². The fraction of sp³-hybridized carbons (Fsp3) is 0.158. The average Bonchev–Trinajstić information content (AvgIpc) is 3.01. The van der Waals surface area contributed by atoms with E-state index >= 15 is 0 Å². The quantitative estimate of drug-likeness (QED) is 0.633. The number of esters is 1. The van der Waals surface area contributed by atoms with Crippen LogP contribution in [0.3, 0.4) is 0 Å². The number of pyridine rings is 1. The van der Waals surface area contributed by atoms with Crippen LogP contribution >= 0.6 is 23.2 Å². The highest BCUT2D eigenvalue weighted by Crippen LogP contribution is 2.29.